The second-order valence-corrected chi connectivity index (χ2v) is 10.2. The summed E-state index contributed by atoms with van der Waals surface area (Å²) in [4.78, 5) is 18.7. The number of benzene rings is 1. The molecule has 1 aromatic carbocycles. The van der Waals surface area contributed by atoms with Crippen molar-refractivity contribution in [2.45, 2.75) is 29.8 Å². The molecule has 3 rings (SSSR count). The molecule has 0 bridgehead atoms. The molecule has 1 saturated heterocycles. The lowest BCUT2D eigenvalue weighted by molar-refractivity contribution is -0.130. The molecule has 0 spiro atoms. The first-order chi connectivity index (χ1) is 12.3. The van der Waals surface area contributed by atoms with Gasteiger partial charge in [0, 0.05) is 20.1 Å². The Kier molecular flexibility index (Phi) is 5.43. The summed E-state index contributed by atoms with van der Waals surface area (Å²) in [5, 5.41) is 0.421. The standard InChI is InChI=1S/C18H23N3O3S2/c1-13(17(22)20(2)15-9-10-26(23,24)12-15)25-18-19-11-16(21(18)3)14-7-5-4-6-8-14/h4-8,11,13,15H,9-10,12H2,1-3H3. The van der Waals surface area contributed by atoms with E-state index in [0.29, 0.717) is 6.42 Å². The summed E-state index contributed by atoms with van der Waals surface area (Å²) >= 11 is 1.39. The number of thioether (sulfide) groups is 1. The van der Waals surface area contributed by atoms with Crippen molar-refractivity contribution in [2.24, 2.45) is 7.05 Å². The van der Waals surface area contributed by atoms with Gasteiger partial charge in [-0.1, -0.05) is 42.1 Å². The highest BCUT2D eigenvalue weighted by atomic mass is 32.2. The van der Waals surface area contributed by atoms with Gasteiger partial charge in [0.05, 0.1) is 28.6 Å². The largest absolute Gasteiger partial charge is 0.341 e. The lowest BCUT2D eigenvalue weighted by atomic mass is 10.2. The van der Waals surface area contributed by atoms with Crippen molar-refractivity contribution in [2.75, 3.05) is 18.6 Å². The molecular weight excluding hydrogens is 370 g/mol. The molecule has 1 amide bonds. The minimum absolute atomic E-state index is 0.0627. The Balaban J connectivity index is 1.69. The molecule has 1 aromatic heterocycles. The summed E-state index contributed by atoms with van der Waals surface area (Å²) in [5.74, 6) is 0.158. The van der Waals surface area contributed by atoms with E-state index < -0.39 is 9.84 Å². The van der Waals surface area contributed by atoms with Gasteiger partial charge < -0.3 is 9.47 Å². The third-order valence-electron chi connectivity index (χ3n) is 4.75. The molecule has 2 heterocycles. The Hall–Kier alpha value is -1.80. The molecule has 26 heavy (non-hydrogen) atoms. The van der Waals surface area contributed by atoms with Crippen LogP contribution >= 0.6 is 11.8 Å². The van der Waals surface area contributed by atoms with E-state index >= 15 is 0 Å². The van der Waals surface area contributed by atoms with E-state index in [9.17, 15) is 13.2 Å². The number of imidazole rings is 1. The Morgan fingerprint density at radius 1 is 1.35 bits per heavy atom. The van der Waals surface area contributed by atoms with Crippen LogP contribution in [0.25, 0.3) is 11.3 Å². The zero-order chi connectivity index (χ0) is 18.9. The fourth-order valence-electron chi connectivity index (χ4n) is 3.14. The molecule has 2 aromatic rings. The van der Waals surface area contributed by atoms with E-state index in [1.165, 1.54) is 11.8 Å². The van der Waals surface area contributed by atoms with Gasteiger partial charge in [-0.3, -0.25) is 4.79 Å². The van der Waals surface area contributed by atoms with Crippen LogP contribution in [0.5, 0.6) is 0 Å². The highest BCUT2D eigenvalue weighted by Crippen LogP contribution is 2.29. The normalized spacial score (nSPS) is 20.0. The number of hydrogen-bond acceptors (Lipinski definition) is 5. The van der Waals surface area contributed by atoms with Gasteiger partial charge in [0.15, 0.2) is 15.0 Å². The Bertz CT molecular complexity index is 894. The fraction of sp³-hybridized carbons (Fsp3) is 0.444. The average Bonchev–Trinajstić information content (AvgIpc) is 3.17. The van der Waals surface area contributed by atoms with Crippen molar-refractivity contribution in [3.63, 3.8) is 0 Å². The van der Waals surface area contributed by atoms with Crippen LogP contribution in [0.4, 0.5) is 0 Å². The van der Waals surface area contributed by atoms with Crippen LogP contribution in [0.1, 0.15) is 13.3 Å². The SMILES string of the molecule is CC(Sc1ncc(-c2ccccc2)n1C)C(=O)N(C)C1CCS(=O)(=O)C1. The van der Waals surface area contributed by atoms with Gasteiger partial charge in [-0.25, -0.2) is 13.4 Å². The third kappa shape index (κ3) is 3.96. The van der Waals surface area contributed by atoms with Crippen LogP contribution in [0.15, 0.2) is 41.7 Å². The topological polar surface area (TPSA) is 72.3 Å². The Morgan fingerprint density at radius 3 is 2.65 bits per heavy atom. The molecular formula is C18H23N3O3S2. The molecule has 6 nitrogen and oxygen atoms in total. The first-order valence-electron chi connectivity index (χ1n) is 8.49. The van der Waals surface area contributed by atoms with Crippen LogP contribution in [-0.4, -0.2) is 58.6 Å². The highest BCUT2D eigenvalue weighted by Gasteiger charge is 2.34. The molecule has 8 heteroatoms. The van der Waals surface area contributed by atoms with Crippen molar-refractivity contribution in [3.8, 4) is 11.3 Å². The molecule has 1 aliphatic heterocycles. The number of nitrogens with zero attached hydrogens (tertiary/aromatic N) is 3. The van der Waals surface area contributed by atoms with E-state index in [1.807, 2.05) is 55.1 Å². The number of aromatic nitrogens is 2. The summed E-state index contributed by atoms with van der Waals surface area (Å²) < 4.78 is 25.3. The van der Waals surface area contributed by atoms with E-state index in [2.05, 4.69) is 4.98 Å². The smallest absolute Gasteiger partial charge is 0.235 e. The Morgan fingerprint density at radius 2 is 2.04 bits per heavy atom. The maximum absolute atomic E-state index is 12.7. The second-order valence-electron chi connectivity index (χ2n) is 6.62. The summed E-state index contributed by atoms with van der Waals surface area (Å²) in [6.07, 6.45) is 2.32. The molecule has 0 saturated carbocycles. The minimum Gasteiger partial charge on any atom is -0.341 e. The zero-order valence-corrected chi connectivity index (χ0v) is 16.8. The maximum Gasteiger partial charge on any atom is 0.235 e. The lowest BCUT2D eigenvalue weighted by Crippen LogP contribution is -2.41. The van der Waals surface area contributed by atoms with Crippen LogP contribution < -0.4 is 0 Å². The predicted molar refractivity (Wildman–Crippen MR) is 104 cm³/mol. The monoisotopic (exact) mass is 393 g/mol. The van der Waals surface area contributed by atoms with Crippen LogP contribution in [0.3, 0.4) is 0 Å². The molecule has 2 unspecified atom stereocenters. The first kappa shape index (κ1) is 19.0. The average molecular weight is 394 g/mol. The summed E-state index contributed by atoms with van der Waals surface area (Å²) in [5.41, 5.74) is 2.06. The van der Waals surface area contributed by atoms with Crippen molar-refractivity contribution < 1.29 is 13.2 Å². The van der Waals surface area contributed by atoms with Gasteiger partial charge in [0.25, 0.3) is 0 Å². The van der Waals surface area contributed by atoms with Crippen molar-refractivity contribution in [1.82, 2.24) is 14.5 Å². The lowest BCUT2D eigenvalue weighted by Gasteiger charge is -2.26. The number of rotatable bonds is 5. The Labute approximate surface area is 158 Å². The van der Waals surface area contributed by atoms with Crippen molar-refractivity contribution in [3.05, 3.63) is 36.5 Å². The van der Waals surface area contributed by atoms with Gasteiger partial charge in [0.2, 0.25) is 5.91 Å². The molecule has 0 N–H and O–H groups in total. The molecule has 140 valence electrons. The summed E-state index contributed by atoms with van der Waals surface area (Å²) in [6.45, 7) is 1.84. The summed E-state index contributed by atoms with van der Waals surface area (Å²) in [6, 6.07) is 9.74. The number of carbonyl (C=O) groups excluding carboxylic acids is 1. The highest BCUT2D eigenvalue weighted by molar-refractivity contribution is 8.00. The van der Waals surface area contributed by atoms with Gasteiger partial charge in [0.1, 0.15) is 0 Å². The third-order valence-corrected chi connectivity index (χ3v) is 7.64. The maximum atomic E-state index is 12.7. The van der Waals surface area contributed by atoms with E-state index in [1.54, 1.807) is 11.9 Å². The van der Waals surface area contributed by atoms with Crippen molar-refractivity contribution in [1.29, 1.82) is 0 Å². The minimum atomic E-state index is -3.01. The molecule has 0 aliphatic carbocycles. The van der Waals surface area contributed by atoms with Gasteiger partial charge in [-0.05, 0) is 18.9 Å². The van der Waals surface area contributed by atoms with Crippen LogP contribution in [0, 0.1) is 0 Å². The zero-order valence-electron chi connectivity index (χ0n) is 15.1. The molecule has 1 aliphatic rings. The van der Waals surface area contributed by atoms with Crippen LogP contribution in [0.2, 0.25) is 0 Å². The van der Waals surface area contributed by atoms with Gasteiger partial charge >= 0.3 is 0 Å². The quantitative estimate of drug-likeness (QED) is 0.729. The number of amides is 1. The van der Waals surface area contributed by atoms with E-state index in [-0.39, 0.29) is 28.7 Å². The van der Waals surface area contributed by atoms with E-state index in [0.717, 1.165) is 16.4 Å². The van der Waals surface area contributed by atoms with Crippen molar-refractivity contribution >= 4 is 27.5 Å². The fourth-order valence-corrected chi connectivity index (χ4v) is 5.86. The predicted octanol–water partition coefficient (Wildman–Crippen LogP) is 2.21. The molecule has 0 radical (unpaired) electrons. The van der Waals surface area contributed by atoms with Crippen LogP contribution in [-0.2, 0) is 21.7 Å². The van der Waals surface area contributed by atoms with E-state index in [4.69, 9.17) is 0 Å². The second kappa shape index (κ2) is 7.44. The number of sulfone groups is 1. The molecule has 2 atom stereocenters. The number of carbonyl (C=O) groups is 1. The summed E-state index contributed by atoms with van der Waals surface area (Å²) in [7, 11) is 0.616. The molecule has 1 fully saturated rings. The number of hydrogen-bond donors (Lipinski definition) is 0. The first-order valence-corrected chi connectivity index (χ1v) is 11.2. The van der Waals surface area contributed by atoms with Gasteiger partial charge in [-0.2, -0.15) is 0 Å². The van der Waals surface area contributed by atoms with Gasteiger partial charge in [-0.15, -0.1) is 0 Å².